The molecule has 29 heavy (non-hydrogen) atoms. The summed E-state index contributed by atoms with van der Waals surface area (Å²) >= 11 is 0. The molecule has 7 nitrogen and oxygen atoms in total. The van der Waals surface area contributed by atoms with E-state index >= 15 is 0 Å². The number of phenols is 1. The lowest BCUT2D eigenvalue weighted by molar-refractivity contribution is -0.116. The summed E-state index contributed by atoms with van der Waals surface area (Å²) in [5, 5.41) is 13.0. The normalized spacial score (nSPS) is 21.4. The number of aromatic amines is 1. The molecule has 0 spiro atoms. The third kappa shape index (κ3) is 3.10. The third-order valence-corrected chi connectivity index (χ3v) is 6.13. The Bertz CT molecular complexity index is 1050. The van der Waals surface area contributed by atoms with Crippen LogP contribution in [0.2, 0.25) is 0 Å². The fourth-order valence-corrected chi connectivity index (χ4v) is 4.70. The lowest BCUT2D eigenvalue weighted by Gasteiger charge is -2.34. The molecule has 1 atom stereocenters. The molecule has 3 aliphatic rings. The van der Waals surface area contributed by atoms with Gasteiger partial charge in [-0.15, -0.1) is 0 Å². The Morgan fingerprint density at radius 2 is 1.76 bits per heavy atom. The van der Waals surface area contributed by atoms with Crippen molar-refractivity contribution >= 4 is 17.5 Å². The van der Waals surface area contributed by atoms with Crippen molar-refractivity contribution in [2.45, 2.75) is 44.4 Å². The number of fused-ring (bicyclic) bond motifs is 1. The lowest BCUT2D eigenvalue weighted by Crippen LogP contribution is -2.36. The second-order valence-corrected chi connectivity index (χ2v) is 8.02. The number of nitrogens with one attached hydrogen (secondary N) is 2. The predicted octanol–water partition coefficient (Wildman–Crippen LogP) is 3.03. The summed E-state index contributed by atoms with van der Waals surface area (Å²) in [6, 6.07) is 6.74. The number of anilines is 2. The molecule has 1 aromatic heterocycles. The van der Waals surface area contributed by atoms with Crippen LogP contribution in [0.25, 0.3) is 0 Å². The van der Waals surface area contributed by atoms with Gasteiger partial charge in [0.2, 0.25) is 5.95 Å². The van der Waals surface area contributed by atoms with Gasteiger partial charge in [0, 0.05) is 36.7 Å². The number of H-pyrrole nitrogens is 1. The van der Waals surface area contributed by atoms with E-state index < -0.39 is 5.92 Å². The van der Waals surface area contributed by atoms with Crippen LogP contribution in [0.1, 0.15) is 55.6 Å². The number of benzene rings is 1. The van der Waals surface area contributed by atoms with Crippen molar-refractivity contribution in [1.29, 1.82) is 0 Å². The molecular formula is C22H24N4O3. The number of nitrogens with zero attached hydrogens (tertiary/aromatic N) is 2. The van der Waals surface area contributed by atoms with E-state index in [2.05, 4.69) is 15.2 Å². The summed E-state index contributed by atoms with van der Waals surface area (Å²) in [6.07, 6.45) is 5.43. The van der Waals surface area contributed by atoms with Crippen LogP contribution >= 0.6 is 0 Å². The highest BCUT2D eigenvalue weighted by Gasteiger charge is 2.38. The highest BCUT2D eigenvalue weighted by atomic mass is 16.3. The van der Waals surface area contributed by atoms with Gasteiger partial charge in [0.1, 0.15) is 11.6 Å². The summed E-state index contributed by atoms with van der Waals surface area (Å²) in [6.45, 7) is 1.77. The van der Waals surface area contributed by atoms with Gasteiger partial charge in [0.05, 0.1) is 5.56 Å². The van der Waals surface area contributed by atoms with Crippen molar-refractivity contribution in [2.75, 3.05) is 23.3 Å². The van der Waals surface area contributed by atoms with Gasteiger partial charge in [-0.3, -0.25) is 14.6 Å². The SMILES string of the molecule is O=C1CCCC2=C1C(c1ccc(O)cc1)c1c(nc(N3CCCCC3)[nH]c1=O)N2. The maximum absolute atomic E-state index is 13.2. The van der Waals surface area contributed by atoms with E-state index in [0.717, 1.165) is 50.0 Å². The van der Waals surface area contributed by atoms with Gasteiger partial charge in [-0.2, -0.15) is 4.98 Å². The van der Waals surface area contributed by atoms with E-state index in [9.17, 15) is 14.7 Å². The Balaban J connectivity index is 1.67. The number of allylic oxidation sites excluding steroid dienone is 2. The van der Waals surface area contributed by atoms with Gasteiger partial charge in [-0.1, -0.05) is 12.1 Å². The fraction of sp³-hybridized carbons (Fsp3) is 0.409. The molecule has 1 saturated heterocycles. The molecule has 0 radical (unpaired) electrons. The zero-order valence-corrected chi connectivity index (χ0v) is 16.2. The number of piperidine rings is 1. The highest BCUT2D eigenvalue weighted by Crippen LogP contribution is 2.43. The molecule has 2 aromatic rings. The van der Waals surface area contributed by atoms with Crippen LogP contribution in [0.4, 0.5) is 11.8 Å². The standard InChI is InChI=1S/C22H24N4O3/c27-14-9-7-13(8-10-14)17-18-15(5-4-6-16(18)28)23-20-19(17)21(29)25-22(24-20)26-11-2-1-3-12-26/h7-10,17,27H,1-6,11-12H2,(H2,23,24,25,29). The number of aromatic nitrogens is 2. The number of phenolic OH excluding ortho intramolecular Hbond substituents is 1. The number of hydrogen-bond donors (Lipinski definition) is 3. The summed E-state index contributed by atoms with van der Waals surface area (Å²) < 4.78 is 0. The lowest BCUT2D eigenvalue weighted by atomic mass is 9.76. The van der Waals surface area contributed by atoms with E-state index in [1.807, 2.05) is 0 Å². The van der Waals surface area contributed by atoms with Crippen molar-refractivity contribution < 1.29 is 9.90 Å². The molecule has 1 unspecified atom stereocenters. The van der Waals surface area contributed by atoms with Crippen LogP contribution in [0.3, 0.4) is 0 Å². The minimum atomic E-state index is -0.471. The van der Waals surface area contributed by atoms with Crippen molar-refractivity contribution in [3.63, 3.8) is 0 Å². The zero-order chi connectivity index (χ0) is 20.0. The van der Waals surface area contributed by atoms with E-state index in [-0.39, 0.29) is 17.1 Å². The second-order valence-electron chi connectivity index (χ2n) is 8.02. The van der Waals surface area contributed by atoms with Crippen molar-refractivity contribution in [3.05, 3.63) is 57.0 Å². The number of carbonyl (C=O) groups is 1. The van der Waals surface area contributed by atoms with Gasteiger partial charge in [0.25, 0.3) is 5.56 Å². The first-order valence-corrected chi connectivity index (χ1v) is 10.3. The van der Waals surface area contributed by atoms with Crippen LogP contribution in [-0.2, 0) is 4.79 Å². The van der Waals surface area contributed by atoms with Crippen molar-refractivity contribution in [1.82, 2.24) is 9.97 Å². The monoisotopic (exact) mass is 392 g/mol. The number of aromatic hydroxyl groups is 1. The molecule has 0 amide bonds. The minimum absolute atomic E-state index is 0.0713. The summed E-state index contributed by atoms with van der Waals surface area (Å²) in [5.74, 6) is 0.889. The maximum atomic E-state index is 13.2. The first kappa shape index (κ1) is 18.0. The Morgan fingerprint density at radius 1 is 1.00 bits per heavy atom. The number of hydrogen-bond acceptors (Lipinski definition) is 6. The molecule has 3 N–H and O–H groups in total. The number of Topliss-reactive ketones (excluding diaryl/α,β-unsaturated/α-hetero) is 1. The molecule has 0 bridgehead atoms. The number of ketones is 1. The molecule has 3 heterocycles. The summed E-state index contributed by atoms with van der Waals surface area (Å²) in [4.78, 5) is 35.9. The van der Waals surface area contributed by atoms with Crippen molar-refractivity contribution in [2.24, 2.45) is 0 Å². The Hall–Kier alpha value is -3.09. The van der Waals surface area contributed by atoms with Crippen molar-refractivity contribution in [3.8, 4) is 5.75 Å². The molecule has 1 aliphatic carbocycles. The fourth-order valence-electron chi connectivity index (χ4n) is 4.70. The van der Waals surface area contributed by atoms with Crippen LogP contribution in [-0.4, -0.2) is 33.9 Å². The highest BCUT2D eigenvalue weighted by molar-refractivity contribution is 6.00. The Labute approximate surface area is 168 Å². The maximum Gasteiger partial charge on any atom is 0.258 e. The number of rotatable bonds is 2. The summed E-state index contributed by atoms with van der Waals surface area (Å²) in [5.41, 5.74) is 2.60. The third-order valence-electron chi connectivity index (χ3n) is 6.13. The molecule has 0 saturated carbocycles. The first-order valence-electron chi connectivity index (χ1n) is 10.3. The smallest absolute Gasteiger partial charge is 0.258 e. The molecule has 150 valence electrons. The molecule has 2 aliphatic heterocycles. The molecule has 1 fully saturated rings. The molecule has 7 heteroatoms. The van der Waals surface area contributed by atoms with Gasteiger partial charge >= 0.3 is 0 Å². The Kier molecular flexibility index (Phi) is 4.38. The predicted molar refractivity (Wildman–Crippen MR) is 110 cm³/mol. The molecule has 5 rings (SSSR count). The Morgan fingerprint density at radius 3 is 2.52 bits per heavy atom. The number of carbonyl (C=O) groups excluding carboxylic acids is 1. The van der Waals surface area contributed by atoms with Crippen LogP contribution < -0.4 is 15.8 Å². The topological polar surface area (TPSA) is 98.3 Å². The average molecular weight is 392 g/mol. The second kappa shape index (κ2) is 7.06. The van der Waals surface area contributed by atoms with E-state index in [1.54, 1.807) is 24.3 Å². The minimum Gasteiger partial charge on any atom is -0.508 e. The van der Waals surface area contributed by atoms with E-state index in [4.69, 9.17) is 4.98 Å². The van der Waals surface area contributed by atoms with E-state index in [1.165, 1.54) is 6.42 Å². The zero-order valence-electron chi connectivity index (χ0n) is 16.2. The molecule has 1 aromatic carbocycles. The van der Waals surface area contributed by atoms with Gasteiger partial charge < -0.3 is 15.3 Å². The average Bonchev–Trinajstić information content (AvgIpc) is 2.74. The van der Waals surface area contributed by atoms with Crippen LogP contribution in [0.15, 0.2) is 40.3 Å². The van der Waals surface area contributed by atoms with Crippen LogP contribution in [0, 0.1) is 0 Å². The van der Waals surface area contributed by atoms with Gasteiger partial charge in [-0.05, 0) is 49.8 Å². The van der Waals surface area contributed by atoms with E-state index in [0.29, 0.717) is 29.3 Å². The molecular weight excluding hydrogens is 368 g/mol. The largest absolute Gasteiger partial charge is 0.508 e. The first-order chi connectivity index (χ1) is 14.1. The van der Waals surface area contributed by atoms with Gasteiger partial charge in [0.15, 0.2) is 5.78 Å². The van der Waals surface area contributed by atoms with Gasteiger partial charge in [-0.25, -0.2) is 0 Å². The van der Waals surface area contributed by atoms with Crippen LogP contribution in [0.5, 0.6) is 5.75 Å². The quantitative estimate of drug-likeness (QED) is 0.727. The summed E-state index contributed by atoms with van der Waals surface area (Å²) in [7, 11) is 0.